The standard InChI is InChI=1S/C17H20BrN5O3S/c1-9-12(5-10(6-20-9)22-16(25)26-17(2,3)4)27-13(18)8-23-15(27)11(7-21-23)14(19)24/h5-8,27H,1-4H3,(H2,19,24)(H,22,25). The van der Waals surface area contributed by atoms with E-state index in [9.17, 15) is 9.59 Å². The third-order valence-electron chi connectivity index (χ3n) is 3.64. The van der Waals surface area contributed by atoms with Gasteiger partial charge in [0.25, 0.3) is 5.91 Å². The minimum atomic E-state index is -1.10. The van der Waals surface area contributed by atoms with Crippen LogP contribution in [0.4, 0.5) is 10.5 Å². The average Bonchev–Trinajstić information content (AvgIpc) is 3.05. The molecule has 0 bridgehead atoms. The molecule has 0 aliphatic carbocycles. The second-order valence-corrected chi connectivity index (χ2v) is 10.5. The summed E-state index contributed by atoms with van der Waals surface area (Å²) in [6.07, 6.45) is 4.28. The summed E-state index contributed by atoms with van der Waals surface area (Å²) in [5.74, 6) is -0.534. The molecule has 27 heavy (non-hydrogen) atoms. The minimum Gasteiger partial charge on any atom is -0.444 e. The van der Waals surface area contributed by atoms with Crippen molar-refractivity contribution < 1.29 is 14.3 Å². The van der Waals surface area contributed by atoms with Crippen LogP contribution in [0.1, 0.15) is 36.8 Å². The number of pyridine rings is 1. The van der Waals surface area contributed by atoms with Gasteiger partial charge in [-0.15, -0.1) is 10.9 Å². The van der Waals surface area contributed by atoms with Crippen LogP contribution in [0.3, 0.4) is 0 Å². The first-order valence-corrected chi connectivity index (χ1v) is 10.2. The van der Waals surface area contributed by atoms with Crippen molar-refractivity contribution in [1.82, 2.24) is 14.8 Å². The van der Waals surface area contributed by atoms with Gasteiger partial charge in [-0.25, -0.2) is 9.48 Å². The minimum absolute atomic E-state index is 0.372. The van der Waals surface area contributed by atoms with Crippen LogP contribution in [-0.2, 0) is 4.74 Å². The number of nitrogens with two attached hydrogens (primary N) is 1. The van der Waals surface area contributed by atoms with Gasteiger partial charge in [0.05, 0.1) is 27.5 Å². The number of carbonyl (C=O) groups excluding carboxylic acids is 2. The Balaban J connectivity index is 1.97. The molecule has 0 saturated heterocycles. The van der Waals surface area contributed by atoms with Gasteiger partial charge in [0.2, 0.25) is 0 Å². The van der Waals surface area contributed by atoms with Crippen molar-refractivity contribution >= 4 is 50.7 Å². The molecular weight excluding hydrogens is 434 g/mol. The largest absolute Gasteiger partial charge is 0.444 e. The molecule has 0 fully saturated rings. The van der Waals surface area contributed by atoms with E-state index in [1.807, 2.05) is 13.0 Å². The zero-order valence-corrected chi connectivity index (χ0v) is 17.8. The lowest BCUT2D eigenvalue weighted by atomic mass is 10.2. The second kappa shape index (κ2) is 7.01. The van der Waals surface area contributed by atoms with Gasteiger partial charge in [0, 0.05) is 16.8 Å². The van der Waals surface area contributed by atoms with E-state index in [4.69, 9.17) is 10.5 Å². The number of halogens is 1. The Morgan fingerprint density at radius 3 is 2.67 bits per heavy atom. The summed E-state index contributed by atoms with van der Waals surface area (Å²) in [5.41, 5.74) is 6.56. The zero-order chi connectivity index (χ0) is 19.9. The van der Waals surface area contributed by atoms with Gasteiger partial charge in [0.1, 0.15) is 10.6 Å². The Labute approximate surface area is 167 Å². The van der Waals surface area contributed by atoms with Crippen molar-refractivity contribution in [1.29, 1.82) is 0 Å². The maximum absolute atomic E-state index is 12.1. The van der Waals surface area contributed by atoms with E-state index >= 15 is 0 Å². The predicted molar refractivity (Wildman–Crippen MR) is 108 cm³/mol. The number of hydrogen-bond acceptors (Lipinski definition) is 5. The van der Waals surface area contributed by atoms with Crippen LogP contribution >= 0.6 is 26.8 Å². The molecule has 2 amide bonds. The van der Waals surface area contributed by atoms with E-state index < -0.39 is 28.5 Å². The Hall–Kier alpha value is -2.33. The van der Waals surface area contributed by atoms with Crippen molar-refractivity contribution in [3.63, 3.8) is 0 Å². The highest BCUT2D eigenvalue weighted by Crippen LogP contribution is 2.59. The molecule has 144 valence electrons. The molecule has 3 N–H and O–H groups in total. The summed E-state index contributed by atoms with van der Waals surface area (Å²) in [4.78, 5) is 29.1. The SMILES string of the molecule is Cc1ncc(NC(=O)OC(C)(C)C)cc1[SH]1C(Br)=Cn2ncc(C(N)=O)c21. The average molecular weight is 454 g/mol. The summed E-state index contributed by atoms with van der Waals surface area (Å²) < 4.78 is 7.80. The number of aromatic nitrogens is 3. The molecule has 0 aromatic carbocycles. The molecule has 1 atom stereocenters. The van der Waals surface area contributed by atoms with Gasteiger partial charge in [-0.3, -0.25) is 15.1 Å². The molecule has 8 nitrogen and oxygen atoms in total. The Morgan fingerprint density at radius 2 is 2.04 bits per heavy atom. The molecule has 2 aromatic rings. The van der Waals surface area contributed by atoms with Crippen molar-refractivity contribution in [2.75, 3.05) is 5.32 Å². The summed E-state index contributed by atoms with van der Waals surface area (Å²) in [5, 5.41) is 7.62. The van der Waals surface area contributed by atoms with Gasteiger partial charge in [0.15, 0.2) is 0 Å². The Bertz CT molecular complexity index is 964. The van der Waals surface area contributed by atoms with E-state index in [2.05, 4.69) is 31.3 Å². The number of aryl methyl sites for hydroxylation is 1. The number of anilines is 1. The van der Waals surface area contributed by atoms with E-state index in [0.29, 0.717) is 11.3 Å². The molecule has 1 unspecified atom stereocenters. The lowest BCUT2D eigenvalue weighted by molar-refractivity contribution is 0.0635. The molecule has 3 heterocycles. The highest BCUT2D eigenvalue weighted by Gasteiger charge is 2.30. The summed E-state index contributed by atoms with van der Waals surface area (Å²) in [6, 6.07) is 1.83. The van der Waals surface area contributed by atoms with Gasteiger partial charge in [-0.2, -0.15) is 5.10 Å². The molecule has 0 radical (unpaired) electrons. The Morgan fingerprint density at radius 1 is 1.33 bits per heavy atom. The number of ether oxygens (including phenoxy) is 1. The van der Waals surface area contributed by atoms with Gasteiger partial charge in [-0.05, 0) is 49.7 Å². The van der Waals surface area contributed by atoms with Gasteiger partial charge in [-0.1, -0.05) is 0 Å². The monoisotopic (exact) mass is 453 g/mol. The first-order valence-electron chi connectivity index (χ1n) is 8.08. The number of carbonyl (C=O) groups is 2. The van der Waals surface area contributed by atoms with Crippen LogP contribution in [0.2, 0.25) is 0 Å². The molecule has 3 rings (SSSR count). The third-order valence-corrected chi connectivity index (χ3v) is 7.25. The lowest BCUT2D eigenvalue weighted by Crippen LogP contribution is -2.27. The number of nitrogens with one attached hydrogen (secondary N) is 1. The van der Waals surface area contributed by atoms with Gasteiger partial charge >= 0.3 is 6.09 Å². The number of amides is 2. The fraction of sp³-hybridized carbons (Fsp3) is 0.294. The van der Waals surface area contributed by atoms with Crippen molar-refractivity contribution in [2.45, 2.75) is 43.2 Å². The van der Waals surface area contributed by atoms with E-state index in [0.717, 1.165) is 19.4 Å². The zero-order valence-electron chi connectivity index (χ0n) is 15.3. The van der Waals surface area contributed by atoms with Crippen LogP contribution in [0.15, 0.2) is 32.2 Å². The normalized spacial score (nSPS) is 17.2. The molecule has 2 aromatic heterocycles. The van der Waals surface area contributed by atoms with Crippen LogP contribution in [-0.4, -0.2) is 32.4 Å². The maximum Gasteiger partial charge on any atom is 0.412 e. The van der Waals surface area contributed by atoms with E-state index in [-0.39, 0.29) is 0 Å². The molecule has 0 saturated carbocycles. The number of nitrogens with zero attached hydrogens (tertiary/aromatic N) is 3. The first-order chi connectivity index (χ1) is 12.6. The number of primary amides is 1. The predicted octanol–water partition coefficient (Wildman–Crippen LogP) is 3.62. The van der Waals surface area contributed by atoms with Crippen molar-refractivity contribution in [2.24, 2.45) is 5.73 Å². The third kappa shape index (κ3) is 4.01. The molecular formula is C17H20BrN5O3S. The maximum atomic E-state index is 12.1. The lowest BCUT2D eigenvalue weighted by Gasteiger charge is -2.22. The molecule has 1 aliphatic rings. The summed E-state index contributed by atoms with van der Waals surface area (Å²) in [7, 11) is -1.10. The fourth-order valence-corrected chi connectivity index (χ4v) is 6.10. The number of thiol groups is 1. The quantitative estimate of drug-likeness (QED) is 0.614. The topological polar surface area (TPSA) is 112 Å². The first kappa shape index (κ1) is 19.4. The highest BCUT2D eigenvalue weighted by molar-refractivity contribution is 9.14. The highest BCUT2D eigenvalue weighted by atomic mass is 79.9. The summed E-state index contributed by atoms with van der Waals surface area (Å²) in [6.45, 7) is 7.25. The molecule has 0 spiro atoms. The summed E-state index contributed by atoms with van der Waals surface area (Å²) >= 11 is 3.57. The van der Waals surface area contributed by atoms with Crippen LogP contribution in [0.25, 0.3) is 6.20 Å². The molecule has 10 heteroatoms. The van der Waals surface area contributed by atoms with Crippen LogP contribution in [0, 0.1) is 6.92 Å². The van der Waals surface area contributed by atoms with Gasteiger partial charge < -0.3 is 10.5 Å². The van der Waals surface area contributed by atoms with E-state index in [1.165, 1.54) is 6.20 Å². The molecule has 1 aliphatic heterocycles. The fourth-order valence-electron chi connectivity index (χ4n) is 2.57. The van der Waals surface area contributed by atoms with E-state index in [1.54, 1.807) is 37.8 Å². The smallest absolute Gasteiger partial charge is 0.412 e. The van der Waals surface area contributed by atoms with Crippen molar-refractivity contribution in [3.8, 4) is 0 Å². The second-order valence-electron chi connectivity index (χ2n) is 6.93. The number of fused-ring (bicyclic) bond motifs is 1. The van der Waals surface area contributed by atoms with Crippen molar-refractivity contribution in [3.05, 3.63) is 33.5 Å². The van der Waals surface area contributed by atoms with Crippen LogP contribution in [0.5, 0.6) is 0 Å². The Kier molecular flexibility index (Phi) is 5.04. The number of rotatable bonds is 3. The number of hydrogen-bond donors (Lipinski definition) is 3. The van der Waals surface area contributed by atoms with Crippen LogP contribution < -0.4 is 11.1 Å².